The molecule has 0 radical (unpaired) electrons. The minimum Gasteiger partial charge on any atom is -0.370 e. The Balaban J connectivity index is 1.70. The molecule has 5 heteroatoms. The van der Waals surface area contributed by atoms with Crippen molar-refractivity contribution < 1.29 is 9.26 Å². The number of rotatable bonds is 5. The van der Waals surface area contributed by atoms with E-state index in [9.17, 15) is 0 Å². The molecule has 17 heavy (non-hydrogen) atoms. The van der Waals surface area contributed by atoms with Crippen LogP contribution < -0.4 is 5.32 Å². The molecule has 0 spiro atoms. The van der Waals surface area contributed by atoms with Gasteiger partial charge in [-0.3, -0.25) is 0 Å². The van der Waals surface area contributed by atoms with Crippen molar-refractivity contribution in [1.82, 2.24) is 15.5 Å². The van der Waals surface area contributed by atoms with Crippen molar-refractivity contribution in [2.24, 2.45) is 0 Å². The molecule has 1 saturated heterocycles. The maximum atomic E-state index is 5.59. The normalized spacial score (nSPS) is 21.0. The van der Waals surface area contributed by atoms with Crippen LogP contribution in [0.2, 0.25) is 0 Å². The van der Waals surface area contributed by atoms with Crippen LogP contribution in [0.5, 0.6) is 0 Å². The molecule has 1 unspecified atom stereocenters. The molecule has 0 bridgehead atoms. The van der Waals surface area contributed by atoms with Gasteiger partial charge in [-0.15, -0.1) is 0 Å². The summed E-state index contributed by atoms with van der Waals surface area (Å²) in [6, 6.07) is 0.483. The Morgan fingerprint density at radius 2 is 2.35 bits per heavy atom. The van der Waals surface area contributed by atoms with E-state index in [4.69, 9.17) is 9.26 Å². The van der Waals surface area contributed by atoms with E-state index in [1.165, 1.54) is 19.3 Å². The third-order valence-electron chi connectivity index (χ3n) is 2.96. The predicted molar refractivity (Wildman–Crippen MR) is 63.7 cm³/mol. The van der Waals surface area contributed by atoms with Gasteiger partial charge in [-0.05, 0) is 19.4 Å². The second-order valence-corrected chi connectivity index (χ2v) is 4.86. The lowest BCUT2D eigenvalue weighted by Gasteiger charge is -2.22. The first-order valence-electron chi connectivity index (χ1n) is 6.39. The van der Waals surface area contributed by atoms with Gasteiger partial charge in [0.1, 0.15) is 6.61 Å². The Bertz CT molecular complexity index is 332. The highest BCUT2D eigenvalue weighted by molar-refractivity contribution is 4.90. The van der Waals surface area contributed by atoms with Gasteiger partial charge in [-0.1, -0.05) is 25.4 Å². The van der Waals surface area contributed by atoms with Crippen LogP contribution in [0.15, 0.2) is 4.52 Å². The topological polar surface area (TPSA) is 60.2 Å². The summed E-state index contributed by atoms with van der Waals surface area (Å²) in [5.74, 6) is 1.62. The van der Waals surface area contributed by atoms with Crippen molar-refractivity contribution in [1.29, 1.82) is 0 Å². The molecule has 96 valence electrons. The van der Waals surface area contributed by atoms with Crippen molar-refractivity contribution in [2.75, 3.05) is 13.2 Å². The third kappa shape index (κ3) is 3.78. The van der Waals surface area contributed by atoms with E-state index >= 15 is 0 Å². The van der Waals surface area contributed by atoms with Crippen LogP contribution in [-0.2, 0) is 11.3 Å². The molecule has 2 rings (SSSR count). The summed E-state index contributed by atoms with van der Waals surface area (Å²) in [7, 11) is 0. The highest BCUT2D eigenvalue weighted by Gasteiger charge is 2.14. The molecule has 0 amide bonds. The van der Waals surface area contributed by atoms with Crippen LogP contribution >= 0.6 is 0 Å². The minimum absolute atomic E-state index is 0.299. The van der Waals surface area contributed by atoms with Crippen molar-refractivity contribution in [3.05, 3.63) is 11.7 Å². The second kappa shape index (κ2) is 6.12. The zero-order valence-corrected chi connectivity index (χ0v) is 10.6. The van der Waals surface area contributed by atoms with Crippen LogP contribution in [0.3, 0.4) is 0 Å². The molecule has 1 aromatic heterocycles. The Morgan fingerprint density at radius 3 is 3.00 bits per heavy atom. The molecule has 1 aromatic rings. The smallest absolute Gasteiger partial charge is 0.252 e. The van der Waals surface area contributed by atoms with Crippen molar-refractivity contribution in [3.63, 3.8) is 0 Å². The number of aromatic nitrogens is 2. The maximum absolute atomic E-state index is 5.59. The Morgan fingerprint density at radius 1 is 1.47 bits per heavy atom. The Hall–Kier alpha value is -0.940. The van der Waals surface area contributed by atoms with Gasteiger partial charge in [0.05, 0.1) is 6.61 Å². The lowest BCUT2D eigenvalue weighted by molar-refractivity contribution is 0.0732. The van der Waals surface area contributed by atoms with Gasteiger partial charge < -0.3 is 14.6 Å². The highest BCUT2D eigenvalue weighted by Crippen LogP contribution is 2.11. The summed E-state index contributed by atoms with van der Waals surface area (Å²) in [4.78, 5) is 4.27. The summed E-state index contributed by atoms with van der Waals surface area (Å²) in [6.07, 6.45) is 3.76. The third-order valence-corrected chi connectivity index (χ3v) is 2.96. The average molecular weight is 239 g/mol. The quantitative estimate of drug-likeness (QED) is 0.849. The van der Waals surface area contributed by atoms with Gasteiger partial charge in [-0.25, -0.2) is 0 Å². The Labute approximate surface area is 102 Å². The first kappa shape index (κ1) is 12.5. The molecule has 5 nitrogen and oxygen atoms in total. The van der Waals surface area contributed by atoms with Crippen LogP contribution in [0.1, 0.15) is 50.7 Å². The van der Waals surface area contributed by atoms with E-state index in [2.05, 4.69) is 15.5 Å². The molecule has 1 aliphatic heterocycles. The van der Waals surface area contributed by atoms with Crippen LogP contribution in [0.25, 0.3) is 0 Å². The molecule has 1 aliphatic rings. The number of ether oxygens (including phenoxy) is 1. The number of nitrogens with zero attached hydrogens (tertiary/aromatic N) is 2. The number of piperidine rings is 1. The molecular formula is C12H21N3O2. The molecule has 0 saturated carbocycles. The van der Waals surface area contributed by atoms with Gasteiger partial charge in [0.15, 0.2) is 5.82 Å². The molecular weight excluding hydrogens is 218 g/mol. The van der Waals surface area contributed by atoms with E-state index < -0.39 is 0 Å². The predicted octanol–water partition coefficient (Wildman–Crippen LogP) is 1.85. The largest absolute Gasteiger partial charge is 0.370 e. The van der Waals surface area contributed by atoms with E-state index in [0.717, 1.165) is 19.0 Å². The average Bonchev–Trinajstić information content (AvgIpc) is 2.79. The zero-order chi connectivity index (χ0) is 12.1. The van der Waals surface area contributed by atoms with Gasteiger partial charge in [0, 0.05) is 12.0 Å². The molecule has 0 aromatic carbocycles. The zero-order valence-electron chi connectivity index (χ0n) is 10.6. The van der Waals surface area contributed by atoms with Gasteiger partial charge in [0.25, 0.3) is 5.89 Å². The van der Waals surface area contributed by atoms with Gasteiger partial charge in [-0.2, -0.15) is 4.98 Å². The summed E-state index contributed by atoms with van der Waals surface area (Å²) in [6.45, 7) is 6.33. The fourth-order valence-corrected chi connectivity index (χ4v) is 1.92. The summed E-state index contributed by atoms with van der Waals surface area (Å²) < 4.78 is 10.7. The minimum atomic E-state index is 0.299. The van der Waals surface area contributed by atoms with Gasteiger partial charge in [0.2, 0.25) is 0 Å². The van der Waals surface area contributed by atoms with Crippen LogP contribution in [0.4, 0.5) is 0 Å². The first-order chi connectivity index (χ1) is 8.25. The molecule has 1 fully saturated rings. The van der Waals surface area contributed by atoms with Crippen molar-refractivity contribution >= 4 is 0 Å². The second-order valence-electron chi connectivity index (χ2n) is 4.86. The summed E-state index contributed by atoms with van der Waals surface area (Å²) in [5.41, 5.74) is 0. The fourth-order valence-electron chi connectivity index (χ4n) is 1.92. The number of nitrogens with one attached hydrogen (secondary N) is 1. The van der Waals surface area contributed by atoms with Crippen molar-refractivity contribution in [2.45, 2.75) is 51.7 Å². The first-order valence-corrected chi connectivity index (χ1v) is 6.39. The lowest BCUT2D eigenvalue weighted by atomic mass is 10.1. The monoisotopic (exact) mass is 239 g/mol. The summed E-state index contributed by atoms with van der Waals surface area (Å²) in [5, 5.41) is 7.34. The standard InChI is InChI=1S/C12H21N3O2/c1-9(2)12-14-11(17-15-12)8-16-7-10-5-3-4-6-13-10/h9-10,13H,3-8H2,1-2H3. The highest BCUT2D eigenvalue weighted by atomic mass is 16.5. The van der Waals surface area contributed by atoms with E-state index in [0.29, 0.717) is 24.5 Å². The number of hydrogen-bond donors (Lipinski definition) is 1. The van der Waals surface area contributed by atoms with E-state index in [1.54, 1.807) is 0 Å². The van der Waals surface area contributed by atoms with E-state index in [-0.39, 0.29) is 0 Å². The van der Waals surface area contributed by atoms with Crippen LogP contribution in [0, 0.1) is 0 Å². The molecule has 1 N–H and O–H groups in total. The van der Waals surface area contributed by atoms with Crippen molar-refractivity contribution in [3.8, 4) is 0 Å². The number of hydrogen-bond acceptors (Lipinski definition) is 5. The summed E-state index contributed by atoms with van der Waals surface area (Å²) >= 11 is 0. The lowest BCUT2D eigenvalue weighted by Crippen LogP contribution is -2.37. The Kier molecular flexibility index (Phi) is 4.50. The molecule has 2 heterocycles. The molecule has 1 atom stereocenters. The van der Waals surface area contributed by atoms with Gasteiger partial charge >= 0.3 is 0 Å². The fraction of sp³-hybridized carbons (Fsp3) is 0.833. The van der Waals surface area contributed by atoms with Crippen LogP contribution in [-0.4, -0.2) is 29.3 Å². The van der Waals surface area contributed by atoms with E-state index in [1.807, 2.05) is 13.8 Å². The maximum Gasteiger partial charge on any atom is 0.252 e. The SMILES string of the molecule is CC(C)c1noc(COCC2CCCCN2)n1. The molecule has 0 aliphatic carbocycles.